The number of piperidine rings is 1. The minimum Gasteiger partial charge on any atom is -0.455 e. The predicted octanol–water partition coefficient (Wildman–Crippen LogP) is 3.26. The van der Waals surface area contributed by atoms with Crippen LogP contribution in [0, 0.1) is 5.92 Å². The van der Waals surface area contributed by atoms with E-state index in [4.69, 9.17) is 22.3 Å². The third-order valence-electron chi connectivity index (χ3n) is 9.77. The van der Waals surface area contributed by atoms with E-state index in [9.17, 15) is 27.6 Å². The summed E-state index contributed by atoms with van der Waals surface area (Å²) in [5.74, 6) is -1.45. The Morgan fingerprint density at radius 1 is 0.980 bits per heavy atom. The number of imide groups is 1. The second-order valence-corrected chi connectivity index (χ2v) is 14.7. The zero-order valence-electron chi connectivity index (χ0n) is 29.8. The molecule has 0 aromatic heterocycles. The molecule has 0 bridgehead atoms. The zero-order chi connectivity index (χ0) is 37.3. The van der Waals surface area contributed by atoms with Gasteiger partial charge in [-0.15, -0.1) is 4.99 Å². The smallest absolute Gasteiger partial charge is 0.437 e. The number of urea groups is 1. The Balaban J connectivity index is 1.44. The average molecular weight is 715 g/mol. The Bertz CT molecular complexity index is 1670. The minimum atomic E-state index is -4.25. The van der Waals surface area contributed by atoms with Crippen LogP contribution in [-0.2, 0) is 30.7 Å². The number of hydrogen-bond donors (Lipinski definition) is 2. The molecule has 2 unspecified atom stereocenters. The van der Waals surface area contributed by atoms with Crippen molar-refractivity contribution in [3.63, 3.8) is 0 Å². The van der Waals surface area contributed by atoms with Crippen molar-refractivity contribution < 1.29 is 42.9 Å². The Hall–Kier alpha value is -4.34. The number of quaternary nitrogens is 1. The standard InChI is InChI=1S/C35H48N6O8S/c1-24-12-11-21-41(24,34(37)44)31(42)30(22-27-13-7-5-8-14-27)40(50(4,46)47)23-28-17-19-39(20-18-28)33(36)38-35(45)49-26(3)25(2)48-32(43)29-15-9-6-10-16-29/h5-10,13-16,24-26,28,30H,11-12,17-23H2,1-4H3,(H3-,36,37,38,44,45)/p+1/t24-,25?,26?,30+,41-/m1/s1/i4D. The van der Waals surface area contributed by atoms with Crippen LogP contribution in [0.1, 0.15) is 63.7 Å². The minimum absolute atomic E-state index is 0.0158. The lowest BCUT2D eigenvalue weighted by Gasteiger charge is -2.39. The van der Waals surface area contributed by atoms with Crippen LogP contribution in [0.5, 0.6) is 0 Å². The molecule has 4 N–H and O–H groups in total. The first-order chi connectivity index (χ1) is 24.2. The molecule has 2 aromatic carbocycles. The van der Waals surface area contributed by atoms with Crippen molar-refractivity contribution in [3.05, 3.63) is 71.8 Å². The fourth-order valence-corrected chi connectivity index (χ4v) is 7.63. The van der Waals surface area contributed by atoms with E-state index in [-0.39, 0.29) is 31.4 Å². The molecular weight excluding hydrogens is 664 g/mol. The van der Waals surface area contributed by atoms with E-state index in [1.807, 2.05) is 6.07 Å². The molecule has 2 saturated heterocycles. The van der Waals surface area contributed by atoms with Gasteiger partial charge in [0.25, 0.3) is 0 Å². The monoisotopic (exact) mass is 714 g/mol. The van der Waals surface area contributed by atoms with Crippen LogP contribution in [0.2, 0.25) is 0 Å². The van der Waals surface area contributed by atoms with Crippen LogP contribution >= 0.6 is 0 Å². The molecule has 2 fully saturated rings. The van der Waals surface area contributed by atoms with Crippen molar-refractivity contribution in [2.45, 2.75) is 77.2 Å². The summed E-state index contributed by atoms with van der Waals surface area (Å²) in [4.78, 5) is 57.9. The Morgan fingerprint density at radius 3 is 2.14 bits per heavy atom. The zero-order valence-corrected chi connectivity index (χ0v) is 29.7. The maximum absolute atomic E-state index is 14.4. The third-order valence-corrected chi connectivity index (χ3v) is 10.9. The lowest BCUT2D eigenvalue weighted by molar-refractivity contribution is -0.784. The fraction of sp³-hybridized carbons (Fsp3) is 0.514. The summed E-state index contributed by atoms with van der Waals surface area (Å²) in [5.41, 5.74) is 13.1. The Kier molecular flexibility index (Phi) is 12.2. The van der Waals surface area contributed by atoms with Crippen LogP contribution < -0.4 is 11.5 Å². The SMILES string of the molecule is [2H]CS(=O)(=O)N(CC1CCN(C(N)=NC(=O)OC(C)C(C)OC(=O)c2ccccc2)CC1)[C@@H](Cc1ccccc1)C(=O)[N@@+]1(C(N)=O)CCC[C@H]1C. The van der Waals surface area contributed by atoms with E-state index in [0.717, 1.165) is 4.31 Å². The largest absolute Gasteiger partial charge is 0.455 e. The van der Waals surface area contributed by atoms with Crippen molar-refractivity contribution in [1.82, 2.24) is 9.21 Å². The van der Waals surface area contributed by atoms with E-state index in [1.165, 1.54) is 0 Å². The van der Waals surface area contributed by atoms with Gasteiger partial charge in [0.1, 0.15) is 24.3 Å². The van der Waals surface area contributed by atoms with Crippen molar-refractivity contribution in [3.8, 4) is 0 Å². The van der Waals surface area contributed by atoms with Crippen molar-refractivity contribution in [2.75, 3.05) is 32.4 Å². The lowest BCUT2D eigenvalue weighted by atomic mass is 9.95. The number of carbonyl (C=O) groups is 4. The quantitative estimate of drug-likeness (QED) is 0.151. The molecule has 0 saturated carbocycles. The molecule has 14 nitrogen and oxygen atoms in total. The summed E-state index contributed by atoms with van der Waals surface area (Å²) >= 11 is 0. The number of amides is 4. The first kappa shape index (κ1) is 36.9. The number of sulfonamides is 1. The molecule has 2 aliphatic rings. The van der Waals surface area contributed by atoms with Crippen molar-refractivity contribution in [2.24, 2.45) is 22.4 Å². The Morgan fingerprint density at radius 2 is 1.58 bits per heavy atom. The molecule has 2 heterocycles. The summed E-state index contributed by atoms with van der Waals surface area (Å²) in [6.45, 7) is 5.74. The van der Waals surface area contributed by atoms with Gasteiger partial charge in [-0.2, -0.15) is 8.79 Å². The number of aliphatic imine (C=N–C) groups is 1. The Labute approximate surface area is 295 Å². The third kappa shape index (κ3) is 9.25. The molecule has 4 rings (SSSR count). The lowest BCUT2D eigenvalue weighted by Crippen LogP contribution is -2.67. The highest BCUT2D eigenvalue weighted by Gasteiger charge is 2.55. The van der Waals surface area contributed by atoms with Crippen molar-refractivity contribution >= 4 is 40.0 Å². The van der Waals surface area contributed by atoms with Gasteiger partial charge in [-0.3, -0.25) is 0 Å². The number of hydrogen-bond acceptors (Lipinski definition) is 8. The number of rotatable bonds is 11. The number of ether oxygens (including phenoxy) is 2. The van der Waals surface area contributed by atoms with Gasteiger partial charge in [0.2, 0.25) is 16.0 Å². The molecule has 2 aliphatic heterocycles. The number of guanidine groups is 1. The molecule has 2 aromatic rings. The number of nitrogens with two attached hydrogens (primary N) is 2. The van der Waals surface area contributed by atoms with Crippen LogP contribution in [0.4, 0.5) is 9.59 Å². The number of benzene rings is 2. The van der Waals surface area contributed by atoms with Gasteiger partial charge in [0, 0.05) is 40.3 Å². The summed E-state index contributed by atoms with van der Waals surface area (Å²) in [7, 11) is -4.25. The van der Waals surface area contributed by atoms with Gasteiger partial charge in [-0.1, -0.05) is 48.5 Å². The van der Waals surface area contributed by atoms with Crippen molar-refractivity contribution in [1.29, 1.82) is 0 Å². The molecular formula is C35H49N6O8S+. The van der Waals surface area contributed by atoms with E-state index >= 15 is 0 Å². The van der Waals surface area contributed by atoms with Gasteiger partial charge in [0.05, 0.1) is 18.3 Å². The number of esters is 1. The van der Waals surface area contributed by atoms with Gasteiger partial charge in [-0.05, 0) is 57.2 Å². The summed E-state index contributed by atoms with van der Waals surface area (Å²) in [6, 6.07) is 14.9. The first-order valence-electron chi connectivity index (χ1n) is 17.5. The highest BCUT2D eigenvalue weighted by molar-refractivity contribution is 7.88. The summed E-state index contributed by atoms with van der Waals surface area (Å²) in [5, 5.41) is 0. The molecule has 4 amide bonds. The van der Waals surface area contributed by atoms with Crippen LogP contribution in [0.15, 0.2) is 65.7 Å². The molecule has 0 spiro atoms. The highest BCUT2D eigenvalue weighted by atomic mass is 32.2. The molecule has 5 atom stereocenters. The van der Waals surface area contributed by atoms with Crippen LogP contribution in [-0.4, -0.2) is 109 Å². The van der Waals surface area contributed by atoms with Gasteiger partial charge in [-0.25, -0.2) is 27.6 Å². The summed E-state index contributed by atoms with van der Waals surface area (Å²) in [6.07, 6.45) is -1.43. The molecule has 0 aliphatic carbocycles. The number of likely N-dealkylation sites (tertiary alicyclic amines) is 2. The second kappa shape index (κ2) is 16.6. The van der Waals surface area contributed by atoms with E-state index < -0.39 is 69.0 Å². The maximum Gasteiger partial charge on any atom is 0.437 e. The van der Waals surface area contributed by atoms with Crippen LogP contribution in [0.25, 0.3) is 0 Å². The number of nitrogens with zero attached hydrogens (tertiary/aromatic N) is 4. The molecule has 272 valence electrons. The molecule has 50 heavy (non-hydrogen) atoms. The normalized spacial score (nSPS) is 22.3. The van der Waals surface area contributed by atoms with Crippen LogP contribution in [0.3, 0.4) is 0 Å². The maximum atomic E-state index is 14.4. The van der Waals surface area contributed by atoms with Gasteiger partial charge in [0.15, 0.2) is 0 Å². The fourth-order valence-electron chi connectivity index (χ4n) is 6.64. The van der Waals surface area contributed by atoms with Gasteiger partial charge >= 0.3 is 24.0 Å². The molecule has 0 radical (unpaired) electrons. The topological polar surface area (TPSA) is 192 Å². The average Bonchev–Trinajstić information content (AvgIpc) is 3.52. The molecule has 15 heteroatoms. The predicted molar refractivity (Wildman–Crippen MR) is 187 cm³/mol. The second-order valence-electron chi connectivity index (χ2n) is 13.1. The summed E-state index contributed by atoms with van der Waals surface area (Å²) < 4.78 is 46.3. The number of carbonyl (C=O) groups excluding carboxylic acids is 4. The highest BCUT2D eigenvalue weighted by Crippen LogP contribution is 2.32. The van der Waals surface area contributed by atoms with E-state index in [2.05, 4.69) is 4.99 Å². The number of primary amides is 1. The van der Waals surface area contributed by atoms with E-state index in [1.54, 1.807) is 80.3 Å². The first-order valence-corrected chi connectivity index (χ1v) is 18.4. The van der Waals surface area contributed by atoms with Gasteiger partial charge < -0.3 is 25.8 Å². The van der Waals surface area contributed by atoms with E-state index in [0.29, 0.717) is 49.9 Å².